The van der Waals surface area contributed by atoms with Crippen LogP contribution < -0.4 is 5.32 Å². The molecule has 0 fully saturated rings. The van der Waals surface area contributed by atoms with Crippen molar-refractivity contribution in [2.45, 2.75) is 19.4 Å². The average molecular weight is 251 g/mol. The first-order valence-corrected chi connectivity index (χ1v) is 5.78. The number of hydrogen-bond donors (Lipinski definition) is 1. The van der Waals surface area contributed by atoms with Gasteiger partial charge in [-0.1, -0.05) is 38.8 Å². The molecule has 1 atom stereocenters. The van der Waals surface area contributed by atoms with Crippen molar-refractivity contribution in [2.75, 3.05) is 13.2 Å². The Morgan fingerprint density at radius 2 is 2.06 bits per heavy atom. The first-order valence-electron chi connectivity index (χ1n) is 5.78. The van der Waals surface area contributed by atoms with E-state index >= 15 is 0 Å². The molecule has 4 heteroatoms. The molecule has 1 N–H and O–H groups in total. The number of rotatable bonds is 10. The number of ether oxygens (including phenoxy) is 2. The maximum Gasteiger partial charge on any atom is 0.247 e. The molecule has 0 rings (SSSR count). The van der Waals surface area contributed by atoms with Gasteiger partial charge in [0.15, 0.2) is 0 Å². The van der Waals surface area contributed by atoms with Crippen LogP contribution in [0.3, 0.4) is 0 Å². The Balaban J connectivity index is 4.27. The van der Waals surface area contributed by atoms with E-state index in [1.54, 1.807) is 12.2 Å². The fourth-order valence-corrected chi connectivity index (χ4v) is 1.27. The Morgan fingerprint density at radius 1 is 1.33 bits per heavy atom. The molecule has 0 aromatic carbocycles. The minimum atomic E-state index is -0.286. The van der Waals surface area contributed by atoms with E-state index in [0.29, 0.717) is 25.1 Å². The van der Waals surface area contributed by atoms with Crippen molar-refractivity contribution in [3.8, 4) is 0 Å². The van der Waals surface area contributed by atoms with Crippen molar-refractivity contribution in [2.24, 2.45) is 0 Å². The lowest BCUT2D eigenvalue weighted by molar-refractivity contribution is -0.118. The van der Waals surface area contributed by atoms with Crippen LogP contribution in [-0.2, 0) is 14.3 Å². The molecular weight excluding hydrogens is 230 g/mol. The summed E-state index contributed by atoms with van der Waals surface area (Å²) < 4.78 is 10.2. The van der Waals surface area contributed by atoms with Crippen molar-refractivity contribution < 1.29 is 14.3 Å². The highest BCUT2D eigenvalue weighted by molar-refractivity contribution is 5.93. The molecule has 0 saturated heterocycles. The van der Waals surface area contributed by atoms with E-state index in [0.717, 1.165) is 0 Å². The van der Waals surface area contributed by atoms with Crippen molar-refractivity contribution in [1.29, 1.82) is 0 Å². The third-order valence-electron chi connectivity index (χ3n) is 2.17. The number of carbonyl (C=O) groups excluding carboxylic acids is 1. The molecule has 1 unspecified atom stereocenters. The Morgan fingerprint density at radius 3 is 2.56 bits per heavy atom. The van der Waals surface area contributed by atoms with E-state index < -0.39 is 0 Å². The van der Waals surface area contributed by atoms with E-state index in [4.69, 9.17) is 9.47 Å². The topological polar surface area (TPSA) is 47.6 Å². The Labute approximate surface area is 109 Å². The molecule has 0 heterocycles. The summed E-state index contributed by atoms with van der Waals surface area (Å²) in [6.07, 6.45) is 6.30. The lowest BCUT2D eigenvalue weighted by atomic mass is 10.1. The fourth-order valence-electron chi connectivity index (χ4n) is 1.27. The first kappa shape index (κ1) is 16.0. The SMILES string of the molecule is C=C/C=C(\CC)C(=O)NCC(COC=C)OC=C. The highest BCUT2D eigenvalue weighted by atomic mass is 16.5. The van der Waals surface area contributed by atoms with Crippen LogP contribution in [0, 0.1) is 0 Å². The minimum Gasteiger partial charge on any atom is -0.498 e. The second-order valence-electron chi connectivity index (χ2n) is 3.42. The summed E-state index contributed by atoms with van der Waals surface area (Å²) in [6, 6.07) is 0. The summed E-state index contributed by atoms with van der Waals surface area (Å²) in [5, 5.41) is 2.77. The Kier molecular flexibility index (Phi) is 9.08. The number of amides is 1. The normalized spacial score (nSPS) is 12.2. The van der Waals surface area contributed by atoms with Crippen LogP contribution in [0.2, 0.25) is 0 Å². The van der Waals surface area contributed by atoms with Crippen molar-refractivity contribution in [1.82, 2.24) is 5.32 Å². The standard InChI is InChI=1S/C14H21NO3/c1-5-9-12(6-2)14(16)15-10-13(18-8-4)11-17-7-3/h5,7-9,13H,1,3-4,6,10-11H2,2H3,(H,15,16)/b12-9+. The van der Waals surface area contributed by atoms with Crippen LogP contribution >= 0.6 is 0 Å². The second-order valence-corrected chi connectivity index (χ2v) is 3.42. The summed E-state index contributed by atoms with van der Waals surface area (Å²) >= 11 is 0. The third-order valence-corrected chi connectivity index (χ3v) is 2.17. The minimum absolute atomic E-state index is 0.131. The molecule has 0 aliphatic carbocycles. The maximum absolute atomic E-state index is 11.8. The number of carbonyl (C=O) groups is 1. The van der Waals surface area contributed by atoms with Gasteiger partial charge in [-0.2, -0.15) is 0 Å². The number of nitrogens with one attached hydrogen (secondary N) is 1. The molecular formula is C14H21NO3. The van der Waals surface area contributed by atoms with E-state index in [2.05, 4.69) is 25.1 Å². The first-order chi connectivity index (χ1) is 8.69. The lowest BCUT2D eigenvalue weighted by Crippen LogP contribution is -2.36. The summed E-state index contributed by atoms with van der Waals surface area (Å²) in [7, 11) is 0. The summed E-state index contributed by atoms with van der Waals surface area (Å²) in [6.45, 7) is 13.0. The quantitative estimate of drug-likeness (QED) is 0.368. The van der Waals surface area contributed by atoms with E-state index in [1.807, 2.05) is 6.92 Å². The summed E-state index contributed by atoms with van der Waals surface area (Å²) in [5.41, 5.74) is 0.673. The molecule has 4 nitrogen and oxygen atoms in total. The second kappa shape index (κ2) is 10.2. The van der Waals surface area contributed by atoms with Gasteiger partial charge in [-0.05, 0) is 6.42 Å². The van der Waals surface area contributed by atoms with Crippen molar-refractivity contribution in [3.05, 3.63) is 50.0 Å². The summed E-state index contributed by atoms with van der Waals surface area (Å²) in [5.74, 6) is -0.131. The molecule has 0 aromatic rings. The Hall–Kier alpha value is -1.97. The van der Waals surface area contributed by atoms with Crippen molar-refractivity contribution in [3.63, 3.8) is 0 Å². The van der Waals surface area contributed by atoms with Gasteiger partial charge < -0.3 is 14.8 Å². The molecule has 0 aromatic heterocycles. The highest BCUT2D eigenvalue weighted by Crippen LogP contribution is 2.01. The molecule has 0 spiro atoms. The van der Waals surface area contributed by atoms with Crippen molar-refractivity contribution >= 4 is 5.91 Å². The third kappa shape index (κ3) is 6.58. The van der Waals surface area contributed by atoms with Crippen LogP contribution in [0.25, 0.3) is 0 Å². The predicted octanol–water partition coefficient (Wildman–Crippen LogP) is 2.31. The van der Waals surface area contributed by atoms with Crippen LogP contribution in [0.5, 0.6) is 0 Å². The summed E-state index contributed by atoms with van der Waals surface area (Å²) in [4.78, 5) is 11.8. The van der Waals surface area contributed by atoms with Gasteiger partial charge >= 0.3 is 0 Å². The van der Waals surface area contributed by atoms with Gasteiger partial charge in [-0.3, -0.25) is 4.79 Å². The molecule has 0 bridgehead atoms. The molecule has 1 amide bonds. The van der Waals surface area contributed by atoms with Gasteiger partial charge in [0.1, 0.15) is 12.7 Å². The highest BCUT2D eigenvalue weighted by Gasteiger charge is 2.12. The van der Waals surface area contributed by atoms with E-state index in [-0.39, 0.29) is 12.0 Å². The molecule has 0 aliphatic rings. The largest absolute Gasteiger partial charge is 0.498 e. The monoisotopic (exact) mass is 251 g/mol. The molecule has 0 radical (unpaired) electrons. The van der Waals surface area contributed by atoms with Crippen LogP contribution in [0.1, 0.15) is 13.3 Å². The van der Waals surface area contributed by atoms with Crippen LogP contribution in [0.15, 0.2) is 50.0 Å². The smallest absolute Gasteiger partial charge is 0.247 e. The van der Waals surface area contributed by atoms with Crippen LogP contribution in [-0.4, -0.2) is 25.2 Å². The number of hydrogen-bond acceptors (Lipinski definition) is 3. The van der Waals surface area contributed by atoms with Gasteiger partial charge in [-0.25, -0.2) is 0 Å². The van der Waals surface area contributed by atoms with E-state index in [1.165, 1.54) is 12.5 Å². The van der Waals surface area contributed by atoms with Gasteiger partial charge in [-0.15, -0.1) is 0 Å². The van der Waals surface area contributed by atoms with Crippen LogP contribution in [0.4, 0.5) is 0 Å². The fraction of sp³-hybridized carbons (Fsp3) is 0.357. The average Bonchev–Trinajstić information content (AvgIpc) is 2.38. The predicted molar refractivity (Wildman–Crippen MR) is 72.8 cm³/mol. The van der Waals surface area contributed by atoms with E-state index in [9.17, 15) is 4.79 Å². The van der Waals surface area contributed by atoms with Gasteiger partial charge in [0.25, 0.3) is 0 Å². The van der Waals surface area contributed by atoms with Gasteiger partial charge in [0.05, 0.1) is 19.1 Å². The Bertz CT molecular complexity index is 321. The molecule has 18 heavy (non-hydrogen) atoms. The lowest BCUT2D eigenvalue weighted by Gasteiger charge is -2.17. The zero-order valence-corrected chi connectivity index (χ0v) is 10.9. The van der Waals surface area contributed by atoms with Gasteiger partial charge in [0.2, 0.25) is 5.91 Å². The molecule has 0 saturated carbocycles. The number of allylic oxidation sites excluding steroid dienone is 2. The maximum atomic E-state index is 11.8. The molecule has 0 aliphatic heterocycles. The zero-order chi connectivity index (χ0) is 13.8. The van der Waals surface area contributed by atoms with Gasteiger partial charge in [0, 0.05) is 5.57 Å². The zero-order valence-electron chi connectivity index (χ0n) is 10.9. The molecule has 100 valence electrons.